The van der Waals surface area contributed by atoms with E-state index >= 15 is 0 Å². The van der Waals surface area contributed by atoms with Crippen LogP contribution in [-0.2, 0) is 4.79 Å². The highest BCUT2D eigenvalue weighted by atomic mass is 16.1. The minimum absolute atomic E-state index is 0.218. The van der Waals surface area contributed by atoms with Crippen LogP contribution in [0.25, 0.3) is 0 Å². The van der Waals surface area contributed by atoms with Crippen molar-refractivity contribution in [2.75, 3.05) is 0 Å². The Balaban J connectivity index is 1.97. The van der Waals surface area contributed by atoms with Crippen molar-refractivity contribution < 1.29 is 4.79 Å². The zero-order chi connectivity index (χ0) is 14.4. The molecule has 0 heterocycles. The van der Waals surface area contributed by atoms with E-state index in [1.807, 2.05) is 0 Å². The van der Waals surface area contributed by atoms with Crippen LogP contribution in [0, 0.1) is 28.6 Å². The summed E-state index contributed by atoms with van der Waals surface area (Å²) in [6.45, 7) is 13.7. The molecule has 1 fully saturated rings. The maximum Gasteiger partial charge on any atom is 0.136 e. The molecule has 0 spiro atoms. The number of hydrogen-bond acceptors (Lipinski definition) is 1. The lowest BCUT2D eigenvalue weighted by atomic mass is 9.74. The number of carbonyl (C=O) groups excluding carboxylic acids is 1. The maximum absolute atomic E-state index is 12.6. The van der Waals surface area contributed by atoms with E-state index in [0.29, 0.717) is 29.0 Å². The lowest BCUT2D eigenvalue weighted by molar-refractivity contribution is -0.124. The van der Waals surface area contributed by atoms with Gasteiger partial charge in [0.1, 0.15) is 5.78 Å². The molecule has 0 aromatic carbocycles. The monoisotopic (exact) mass is 262 g/mol. The van der Waals surface area contributed by atoms with Crippen LogP contribution in [-0.4, -0.2) is 5.78 Å². The van der Waals surface area contributed by atoms with Crippen molar-refractivity contribution in [3.63, 3.8) is 0 Å². The lowest BCUT2D eigenvalue weighted by Crippen LogP contribution is -2.25. The molecule has 108 valence electrons. The molecule has 1 saturated carbocycles. The van der Waals surface area contributed by atoms with Gasteiger partial charge in [0.15, 0.2) is 0 Å². The lowest BCUT2D eigenvalue weighted by Gasteiger charge is -2.30. The van der Waals surface area contributed by atoms with Crippen LogP contribution in [0.15, 0.2) is 11.6 Å². The van der Waals surface area contributed by atoms with Gasteiger partial charge in [0.25, 0.3) is 0 Å². The van der Waals surface area contributed by atoms with Gasteiger partial charge in [-0.15, -0.1) is 0 Å². The third kappa shape index (κ3) is 2.66. The minimum atomic E-state index is 0.218. The Bertz CT molecular complexity index is 400. The van der Waals surface area contributed by atoms with E-state index in [2.05, 4.69) is 47.6 Å². The van der Waals surface area contributed by atoms with Crippen LogP contribution in [0.1, 0.15) is 67.2 Å². The van der Waals surface area contributed by atoms with Gasteiger partial charge in [-0.1, -0.05) is 46.3 Å². The fourth-order valence-electron chi connectivity index (χ4n) is 3.86. The Morgan fingerprint density at radius 1 is 1.32 bits per heavy atom. The zero-order valence-electron chi connectivity index (χ0n) is 13.5. The molecule has 3 unspecified atom stereocenters. The quantitative estimate of drug-likeness (QED) is 0.653. The number of ketones is 1. The summed E-state index contributed by atoms with van der Waals surface area (Å²) in [5.74, 6) is 2.05. The van der Waals surface area contributed by atoms with Crippen LogP contribution in [0.4, 0.5) is 0 Å². The van der Waals surface area contributed by atoms with Crippen LogP contribution in [0.5, 0.6) is 0 Å². The maximum atomic E-state index is 12.6. The van der Waals surface area contributed by atoms with E-state index in [-0.39, 0.29) is 5.41 Å². The highest BCUT2D eigenvalue weighted by Gasteiger charge is 2.43. The molecule has 1 heteroatoms. The van der Waals surface area contributed by atoms with Crippen LogP contribution in [0.3, 0.4) is 0 Å². The molecular formula is C18H30O. The predicted octanol–water partition coefficient (Wildman–Crippen LogP) is 5.01. The SMILES string of the molecule is CC1=CCC(CC(=O)C2CC(C)C(C)(C)C2)C1(C)C. The van der Waals surface area contributed by atoms with Gasteiger partial charge >= 0.3 is 0 Å². The molecule has 0 radical (unpaired) electrons. The Kier molecular flexibility index (Phi) is 3.70. The molecule has 0 aromatic rings. The number of hydrogen-bond donors (Lipinski definition) is 0. The molecule has 2 rings (SSSR count). The number of carbonyl (C=O) groups is 1. The fourth-order valence-corrected chi connectivity index (χ4v) is 3.86. The molecule has 19 heavy (non-hydrogen) atoms. The first-order chi connectivity index (χ1) is 8.64. The average Bonchev–Trinajstić information content (AvgIpc) is 2.70. The van der Waals surface area contributed by atoms with Crippen LogP contribution >= 0.6 is 0 Å². The van der Waals surface area contributed by atoms with Gasteiger partial charge in [0.2, 0.25) is 0 Å². The second-order valence-electron chi connectivity index (χ2n) is 8.24. The summed E-state index contributed by atoms with van der Waals surface area (Å²) in [5.41, 5.74) is 2.03. The first-order valence-electron chi connectivity index (χ1n) is 7.84. The highest BCUT2D eigenvalue weighted by molar-refractivity contribution is 5.82. The molecule has 0 N–H and O–H groups in total. The first-order valence-corrected chi connectivity index (χ1v) is 7.84. The summed E-state index contributed by atoms with van der Waals surface area (Å²) in [6.07, 6.45) is 6.40. The summed E-state index contributed by atoms with van der Waals surface area (Å²) in [4.78, 5) is 12.6. The van der Waals surface area contributed by atoms with Crippen molar-refractivity contribution in [2.24, 2.45) is 28.6 Å². The van der Waals surface area contributed by atoms with Gasteiger partial charge < -0.3 is 0 Å². The summed E-state index contributed by atoms with van der Waals surface area (Å²) in [7, 11) is 0. The van der Waals surface area contributed by atoms with Gasteiger partial charge in [0.05, 0.1) is 0 Å². The molecule has 1 nitrogen and oxygen atoms in total. The molecule has 2 aliphatic rings. The van der Waals surface area contributed by atoms with E-state index in [9.17, 15) is 4.79 Å². The largest absolute Gasteiger partial charge is 0.299 e. The van der Waals surface area contributed by atoms with E-state index in [0.717, 1.165) is 25.7 Å². The molecule has 2 aliphatic carbocycles. The molecule has 0 aromatic heterocycles. The summed E-state index contributed by atoms with van der Waals surface area (Å²) < 4.78 is 0. The number of allylic oxidation sites excluding steroid dienone is 2. The normalized spacial score (nSPS) is 36.3. The van der Waals surface area contributed by atoms with Crippen molar-refractivity contribution in [2.45, 2.75) is 67.2 Å². The summed E-state index contributed by atoms with van der Waals surface area (Å²) in [5, 5.41) is 0. The van der Waals surface area contributed by atoms with Crippen molar-refractivity contribution in [1.82, 2.24) is 0 Å². The Morgan fingerprint density at radius 3 is 2.37 bits per heavy atom. The molecule has 3 atom stereocenters. The smallest absolute Gasteiger partial charge is 0.136 e. The van der Waals surface area contributed by atoms with E-state index < -0.39 is 0 Å². The topological polar surface area (TPSA) is 17.1 Å². The molecule has 0 saturated heterocycles. The second-order valence-corrected chi connectivity index (χ2v) is 8.24. The number of rotatable bonds is 3. The Hall–Kier alpha value is -0.590. The summed E-state index contributed by atoms with van der Waals surface area (Å²) in [6, 6.07) is 0. The Morgan fingerprint density at radius 2 is 1.95 bits per heavy atom. The van der Waals surface area contributed by atoms with E-state index in [4.69, 9.17) is 0 Å². The van der Waals surface area contributed by atoms with Crippen molar-refractivity contribution >= 4 is 5.78 Å². The van der Waals surface area contributed by atoms with Crippen molar-refractivity contribution in [3.8, 4) is 0 Å². The van der Waals surface area contributed by atoms with Gasteiger partial charge in [-0.05, 0) is 48.9 Å². The molecule has 0 amide bonds. The van der Waals surface area contributed by atoms with Gasteiger partial charge in [-0.25, -0.2) is 0 Å². The minimum Gasteiger partial charge on any atom is -0.299 e. The second kappa shape index (κ2) is 4.75. The predicted molar refractivity (Wildman–Crippen MR) is 80.9 cm³/mol. The first kappa shape index (κ1) is 14.8. The molecule has 0 bridgehead atoms. The molecular weight excluding hydrogens is 232 g/mol. The summed E-state index contributed by atoms with van der Waals surface area (Å²) >= 11 is 0. The van der Waals surface area contributed by atoms with Crippen molar-refractivity contribution in [1.29, 1.82) is 0 Å². The van der Waals surface area contributed by atoms with Gasteiger partial charge in [0, 0.05) is 12.3 Å². The number of Topliss-reactive ketones (excluding diaryl/α,β-unsaturated/α-hetero) is 1. The van der Waals surface area contributed by atoms with Gasteiger partial charge in [-0.2, -0.15) is 0 Å². The third-order valence-electron chi connectivity index (χ3n) is 6.39. The van der Waals surface area contributed by atoms with Gasteiger partial charge in [-0.3, -0.25) is 4.79 Å². The van der Waals surface area contributed by atoms with E-state index in [1.165, 1.54) is 5.57 Å². The van der Waals surface area contributed by atoms with Crippen molar-refractivity contribution in [3.05, 3.63) is 11.6 Å². The fraction of sp³-hybridized carbons (Fsp3) is 0.833. The third-order valence-corrected chi connectivity index (χ3v) is 6.39. The van der Waals surface area contributed by atoms with Crippen LogP contribution < -0.4 is 0 Å². The Labute approximate surface area is 118 Å². The van der Waals surface area contributed by atoms with Crippen LogP contribution in [0.2, 0.25) is 0 Å². The zero-order valence-corrected chi connectivity index (χ0v) is 13.5. The average molecular weight is 262 g/mol. The highest BCUT2D eigenvalue weighted by Crippen LogP contribution is 2.49. The standard InChI is InChI=1S/C18H30O/c1-12-7-8-15(18(12,5)6)10-16(19)14-9-13(2)17(3,4)11-14/h7,13-15H,8-11H2,1-6H3. The van der Waals surface area contributed by atoms with E-state index in [1.54, 1.807) is 0 Å². The molecule has 0 aliphatic heterocycles.